The van der Waals surface area contributed by atoms with Crippen LogP contribution in [0.3, 0.4) is 0 Å². The fraction of sp³-hybridized carbons (Fsp3) is 0.600. The molecule has 0 fully saturated rings. The van der Waals surface area contributed by atoms with Crippen LogP contribution in [0.15, 0.2) is 24.3 Å². The minimum atomic E-state index is -0.202. The molecule has 0 aliphatic carbocycles. The SMILES string of the molecule is CCCC(C)CC(C)(N)Cc1ccc(F)cc1. The third kappa shape index (κ3) is 5.31. The van der Waals surface area contributed by atoms with Gasteiger partial charge in [-0.3, -0.25) is 0 Å². The summed E-state index contributed by atoms with van der Waals surface area (Å²) in [6, 6.07) is 6.65. The molecule has 17 heavy (non-hydrogen) atoms. The van der Waals surface area contributed by atoms with Gasteiger partial charge in [0.05, 0.1) is 0 Å². The maximum atomic E-state index is 12.8. The first-order chi connectivity index (χ1) is 7.93. The van der Waals surface area contributed by atoms with E-state index in [0.717, 1.165) is 18.4 Å². The van der Waals surface area contributed by atoms with Gasteiger partial charge in [0.1, 0.15) is 5.82 Å². The predicted octanol–water partition coefficient (Wildman–Crippen LogP) is 3.91. The van der Waals surface area contributed by atoms with E-state index in [1.54, 1.807) is 0 Å². The molecule has 0 amide bonds. The maximum Gasteiger partial charge on any atom is 0.123 e. The van der Waals surface area contributed by atoms with Crippen molar-refractivity contribution >= 4 is 0 Å². The summed E-state index contributed by atoms with van der Waals surface area (Å²) in [5, 5.41) is 0. The number of hydrogen-bond acceptors (Lipinski definition) is 1. The Hall–Kier alpha value is -0.890. The van der Waals surface area contributed by atoms with E-state index in [1.807, 2.05) is 12.1 Å². The lowest BCUT2D eigenvalue weighted by Crippen LogP contribution is -2.40. The third-order valence-corrected chi connectivity index (χ3v) is 3.12. The van der Waals surface area contributed by atoms with Gasteiger partial charge in [-0.25, -0.2) is 4.39 Å². The first-order valence-electron chi connectivity index (χ1n) is 6.46. The molecule has 2 atom stereocenters. The molecule has 0 bridgehead atoms. The molecule has 0 spiro atoms. The summed E-state index contributed by atoms with van der Waals surface area (Å²) in [6.45, 7) is 6.53. The van der Waals surface area contributed by atoms with Crippen molar-refractivity contribution in [1.82, 2.24) is 0 Å². The van der Waals surface area contributed by atoms with Crippen LogP contribution < -0.4 is 5.73 Å². The van der Waals surface area contributed by atoms with Crippen molar-refractivity contribution < 1.29 is 4.39 Å². The Morgan fingerprint density at radius 1 is 1.29 bits per heavy atom. The van der Waals surface area contributed by atoms with Gasteiger partial charge in [0, 0.05) is 5.54 Å². The smallest absolute Gasteiger partial charge is 0.123 e. The van der Waals surface area contributed by atoms with Crippen LogP contribution in [0.1, 0.15) is 45.6 Å². The summed E-state index contributed by atoms with van der Waals surface area (Å²) >= 11 is 0. The lowest BCUT2D eigenvalue weighted by molar-refractivity contribution is 0.337. The second kappa shape index (κ2) is 6.15. The van der Waals surface area contributed by atoms with Gasteiger partial charge in [0.25, 0.3) is 0 Å². The highest BCUT2D eigenvalue weighted by atomic mass is 19.1. The molecule has 96 valence electrons. The molecule has 1 nitrogen and oxygen atoms in total. The Morgan fingerprint density at radius 2 is 1.88 bits per heavy atom. The molecular weight excluding hydrogens is 213 g/mol. The molecule has 1 aromatic rings. The van der Waals surface area contributed by atoms with Crippen LogP contribution in [-0.2, 0) is 6.42 Å². The molecule has 0 saturated carbocycles. The summed E-state index contributed by atoms with van der Waals surface area (Å²) in [5.74, 6) is 0.460. The Morgan fingerprint density at radius 3 is 2.41 bits per heavy atom. The number of hydrogen-bond donors (Lipinski definition) is 1. The van der Waals surface area contributed by atoms with Crippen molar-refractivity contribution in [2.45, 2.75) is 52.0 Å². The standard InChI is InChI=1S/C15H24FN/c1-4-5-12(2)10-15(3,17)11-13-6-8-14(16)9-7-13/h6-9,12H,4-5,10-11,17H2,1-3H3. The highest BCUT2D eigenvalue weighted by molar-refractivity contribution is 5.18. The summed E-state index contributed by atoms with van der Waals surface area (Å²) < 4.78 is 12.8. The zero-order chi connectivity index (χ0) is 12.9. The molecule has 2 unspecified atom stereocenters. The van der Waals surface area contributed by atoms with Crippen molar-refractivity contribution in [3.05, 3.63) is 35.6 Å². The van der Waals surface area contributed by atoms with Crippen molar-refractivity contribution in [2.24, 2.45) is 11.7 Å². The van der Waals surface area contributed by atoms with E-state index in [4.69, 9.17) is 5.73 Å². The van der Waals surface area contributed by atoms with E-state index in [0.29, 0.717) is 5.92 Å². The Bertz CT molecular complexity index is 329. The van der Waals surface area contributed by atoms with E-state index in [1.165, 1.54) is 25.0 Å². The van der Waals surface area contributed by atoms with E-state index < -0.39 is 0 Å². The van der Waals surface area contributed by atoms with Crippen molar-refractivity contribution in [3.8, 4) is 0 Å². The normalized spacial score (nSPS) is 16.5. The largest absolute Gasteiger partial charge is 0.325 e. The van der Waals surface area contributed by atoms with Gasteiger partial charge in [0.2, 0.25) is 0 Å². The molecule has 2 heteroatoms. The summed E-state index contributed by atoms with van der Waals surface area (Å²) in [4.78, 5) is 0. The lowest BCUT2D eigenvalue weighted by Gasteiger charge is -2.28. The molecule has 2 N–H and O–H groups in total. The van der Waals surface area contributed by atoms with E-state index in [2.05, 4.69) is 20.8 Å². The van der Waals surface area contributed by atoms with Crippen molar-refractivity contribution in [2.75, 3.05) is 0 Å². The summed E-state index contributed by atoms with van der Waals surface area (Å²) in [5.41, 5.74) is 7.23. The molecule has 0 aliphatic rings. The fourth-order valence-electron chi connectivity index (χ4n) is 2.53. The van der Waals surface area contributed by atoms with Gasteiger partial charge in [-0.15, -0.1) is 0 Å². The number of benzene rings is 1. The minimum absolute atomic E-state index is 0.188. The molecule has 0 heterocycles. The van der Waals surface area contributed by atoms with Crippen molar-refractivity contribution in [3.63, 3.8) is 0 Å². The molecule has 0 aliphatic heterocycles. The number of nitrogens with two attached hydrogens (primary N) is 1. The van der Waals surface area contributed by atoms with E-state index in [9.17, 15) is 4.39 Å². The van der Waals surface area contributed by atoms with Gasteiger partial charge in [-0.2, -0.15) is 0 Å². The van der Waals surface area contributed by atoms with E-state index in [-0.39, 0.29) is 11.4 Å². The minimum Gasteiger partial charge on any atom is -0.325 e. The zero-order valence-corrected chi connectivity index (χ0v) is 11.2. The van der Waals surface area contributed by atoms with Crippen LogP contribution in [0.25, 0.3) is 0 Å². The number of halogens is 1. The lowest BCUT2D eigenvalue weighted by atomic mass is 9.84. The van der Waals surface area contributed by atoms with Gasteiger partial charge < -0.3 is 5.73 Å². The zero-order valence-electron chi connectivity index (χ0n) is 11.2. The van der Waals surface area contributed by atoms with Crippen LogP contribution in [0.4, 0.5) is 4.39 Å². The van der Waals surface area contributed by atoms with Crippen LogP contribution >= 0.6 is 0 Å². The molecular formula is C15H24FN. The average molecular weight is 237 g/mol. The van der Waals surface area contributed by atoms with Crippen LogP contribution in [0.5, 0.6) is 0 Å². The van der Waals surface area contributed by atoms with Crippen LogP contribution in [0.2, 0.25) is 0 Å². The second-order valence-corrected chi connectivity index (χ2v) is 5.56. The first kappa shape index (κ1) is 14.2. The van der Waals surface area contributed by atoms with Crippen molar-refractivity contribution in [1.29, 1.82) is 0 Å². The monoisotopic (exact) mass is 237 g/mol. The summed E-state index contributed by atoms with van der Waals surface area (Å²) in [6.07, 6.45) is 4.24. The Balaban J connectivity index is 2.56. The van der Waals surface area contributed by atoms with E-state index >= 15 is 0 Å². The molecule has 1 rings (SSSR count). The average Bonchev–Trinajstić information content (AvgIpc) is 2.20. The molecule has 0 radical (unpaired) electrons. The molecule has 0 saturated heterocycles. The Labute approximate surface area is 104 Å². The van der Waals surface area contributed by atoms with Gasteiger partial charge in [-0.1, -0.05) is 38.8 Å². The predicted molar refractivity (Wildman–Crippen MR) is 71.4 cm³/mol. The fourth-order valence-corrected chi connectivity index (χ4v) is 2.53. The first-order valence-corrected chi connectivity index (χ1v) is 6.46. The molecule has 0 aromatic heterocycles. The Kier molecular flexibility index (Phi) is 5.13. The van der Waals surface area contributed by atoms with Crippen LogP contribution in [0, 0.1) is 11.7 Å². The number of rotatable bonds is 6. The maximum absolute atomic E-state index is 12.8. The highest BCUT2D eigenvalue weighted by Crippen LogP contribution is 2.22. The van der Waals surface area contributed by atoms with Crippen LogP contribution in [-0.4, -0.2) is 5.54 Å². The second-order valence-electron chi connectivity index (χ2n) is 5.56. The quantitative estimate of drug-likeness (QED) is 0.797. The van der Waals surface area contributed by atoms with Gasteiger partial charge >= 0.3 is 0 Å². The topological polar surface area (TPSA) is 26.0 Å². The van der Waals surface area contributed by atoms with Gasteiger partial charge in [0.15, 0.2) is 0 Å². The summed E-state index contributed by atoms with van der Waals surface area (Å²) in [7, 11) is 0. The van der Waals surface area contributed by atoms with Gasteiger partial charge in [-0.05, 0) is 43.4 Å². The molecule has 1 aromatic carbocycles. The third-order valence-electron chi connectivity index (χ3n) is 3.12. The highest BCUT2D eigenvalue weighted by Gasteiger charge is 2.21.